The summed E-state index contributed by atoms with van der Waals surface area (Å²) in [7, 11) is 1.96. The maximum absolute atomic E-state index is 12.9. The molecule has 182 valence electrons. The van der Waals surface area contributed by atoms with Gasteiger partial charge in [-0.05, 0) is 55.2 Å². The number of aromatic nitrogens is 2. The van der Waals surface area contributed by atoms with Gasteiger partial charge in [0.1, 0.15) is 0 Å². The summed E-state index contributed by atoms with van der Waals surface area (Å²) in [6.07, 6.45) is 6.95. The van der Waals surface area contributed by atoms with E-state index in [1.165, 1.54) is 35.0 Å². The predicted molar refractivity (Wildman–Crippen MR) is 139 cm³/mol. The third kappa shape index (κ3) is 4.01. The number of nitrogens with zero attached hydrogens (tertiary/aromatic N) is 4. The SMILES string of the molecule is CNc1cc(-c2cccc3cnccc23)c(C2CC2)nc1N1CCN(C(=O)[C@@H]2C[C@H]2CO)[C@H](C)C1. The van der Waals surface area contributed by atoms with Gasteiger partial charge in [-0.2, -0.15) is 0 Å². The number of carbonyl (C=O) groups is 1. The van der Waals surface area contributed by atoms with E-state index in [0.29, 0.717) is 12.5 Å². The van der Waals surface area contributed by atoms with E-state index in [1.54, 1.807) is 0 Å². The zero-order chi connectivity index (χ0) is 24.1. The first kappa shape index (κ1) is 22.3. The van der Waals surface area contributed by atoms with Crippen LogP contribution in [0.25, 0.3) is 21.9 Å². The Hall–Kier alpha value is -3.19. The smallest absolute Gasteiger partial charge is 0.226 e. The van der Waals surface area contributed by atoms with Crippen LogP contribution in [0.1, 0.15) is 37.8 Å². The van der Waals surface area contributed by atoms with Gasteiger partial charge in [-0.1, -0.05) is 18.2 Å². The number of aliphatic hydroxyl groups is 1. The van der Waals surface area contributed by atoms with Gasteiger partial charge in [0, 0.05) is 74.5 Å². The standard InChI is InChI=1S/C28H33N5O2/c1-17-15-32(10-11-33(17)28(35)23-12-20(23)16-34)27-25(29-2)13-24(26(31-27)18-6-7-18)22-5-3-4-19-14-30-9-8-21(19)22/h3-5,8-9,13-14,17-18,20,23,29,34H,6-7,10-12,15-16H2,1-2H3/t17-,20+,23-/m1/s1. The van der Waals surface area contributed by atoms with Crippen molar-refractivity contribution in [2.45, 2.75) is 38.1 Å². The van der Waals surface area contributed by atoms with E-state index in [-0.39, 0.29) is 30.4 Å². The van der Waals surface area contributed by atoms with Crippen LogP contribution in [0.3, 0.4) is 0 Å². The van der Waals surface area contributed by atoms with Crippen molar-refractivity contribution in [3.05, 3.63) is 48.4 Å². The van der Waals surface area contributed by atoms with Gasteiger partial charge in [0.2, 0.25) is 5.91 Å². The fourth-order valence-electron chi connectivity index (χ4n) is 5.63. The van der Waals surface area contributed by atoms with Crippen molar-refractivity contribution < 1.29 is 9.90 Å². The minimum atomic E-state index is 0.0108. The number of anilines is 2. The van der Waals surface area contributed by atoms with Gasteiger partial charge in [0.15, 0.2) is 5.82 Å². The monoisotopic (exact) mass is 471 g/mol. The van der Waals surface area contributed by atoms with Crippen molar-refractivity contribution in [2.24, 2.45) is 11.8 Å². The highest BCUT2D eigenvalue weighted by molar-refractivity contribution is 5.97. The number of amides is 1. The molecule has 3 aliphatic rings. The number of rotatable bonds is 6. The summed E-state index contributed by atoms with van der Waals surface area (Å²) in [5.74, 6) is 1.86. The van der Waals surface area contributed by atoms with Gasteiger partial charge in [-0.15, -0.1) is 0 Å². The van der Waals surface area contributed by atoms with Crippen LogP contribution in [0, 0.1) is 11.8 Å². The maximum Gasteiger partial charge on any atom is 0.226 e. The van der Waals surface area contributed by atoms with E-state index in [0.717, 1.165) is 36.4 Å². The number of nitrogens with one attached hydrogen (secondary N) is 1. The summed E-state index contributed by atoms with van der Waals surface area (Å²) in [6, 6.07) is 10.9. The van der Waals surface area contributed by atoms with E-state index in [2.05, 4.69) is 52.5 Å². The predicted octanol–water partition coefficient (Wildman–Crippen LogP) is 3.88. The molecule has 3 atom stereocenters. The Bertz CT molecular complexity index is 1270. The van der Waals surface area contributed by atoms with Crippen LogP contribution in [-0.4, -0.2) is 65.2 Å². The Kier molecular flexibility index (Phi) is 5.60. The molecule has 2 aromatic heterocycles. The number of carbonyl (C=O) groups excluding carboxylic acids is 1. The molecule has 7 nitrogen and oxygen atoms in total. The topological polar surface area (TPSA) is 81.6 Å². The van der Waals surface area contributed by atoms with Crippen LogP contribution < -0.4 is 10.2 Å². The fourth-order valence-corrected chi connectivity index (χ4v) is 5.63. The number of benzene rings is 1. The molecule has 2 saturated carbocycles. The first-order valence-corrected chi connectivity index (χ1v) is 12.8. The van der Waals surface area contributed by atoms with Crippen LogP contribution in [-0.2, 0) is 4.79 Å². The van der Waals surface area contributed by atoms with E-state index in [4.69, 9.17) is 4.98 Å². The first-order valence-electron chi connectivity index (χ1n) is 12.8. The van der Waals surface area contributed by atoms with E-state index < -0.39 is 0 Å². The zero-order valence-electron chi connectivity index (χ0n) is 20.4. The van der Waals surface area contributed by atoms with Crippen LogP contribution in [0.15, 0.2) is 42.7 Å². The lowest BCUT2D eigenvalue weighted by molar-refractivity contribution is -0.135. The van der Waals surface area contributed by atoms with Crippen molar-refractivity contribution in [3.63, 3.8) is 0 Å². The summed E-state index contributed by atoms with van der Waals surface area (Å²) < 4.78 is 0. The molecule has 3 aromatic rings. The molecule has 0 spiro atoms. The van der Waals surface area contributed by atoms with Gasteiger partial charge in [-0.25, -0.2) is 4.98 Å². The summed E-state index contributed by atoms with van der Waals surface area (Å²) in [4.78, 5) is 26.9. The zero-order valence-corrected chi connectivity index (χ0v) is 20.4. The molecular formula is C28H33N5O2. The molecule has 0 bridgehead atoms. The highest BCUT2D eigenvalue weighted by atomic mass is 16.3. The second-order valence-corrected chi connectivity index (χ2v) is 10.3. The second kappa shape index (κ2) is 8.79. The third-order valence-corrected chi connectivity index (χ3v) is 7.92. The Balaban J connectivity index is 1.33. The van der Waals surface area contributed by atoms with E-state index >= 15 is 0 Å². The van der Waals surface area contributed by atoms with Crippen molar-refractivity contribution in [2.75, 3.05) is 43.5 Å². The van der Waals surface area contributed by atoms with Gasteiger partial charge in [-0.3, -0.25) is 9.78 Å². The van der Waals surface area contributed by atoms with Crippen molar-refractivity contribution in [1.29, 1.82) is 0 Å². The minimum absolute atomic E-state index is 0.0108. The van der Waals surface area contributed by atoms with Gasteiger partial charge >= 0.3 is 0 Å². The molecule has 1 amide bonds. The highest BCUT2D eigenvalue weighted by Gasteiger charge is 2.46. The Morgan fingerprint density at radius 3 is 2.77 bits per heavy atom. The second-order valence-electron chi connectivity index (χ2n) is 10.3. The van der Waals surface area contributed by atoms with Gasteiger partial charge in [0.25, 0.3) is 0 Å². The number of piperazine rings is 1. The average molecular weight is 472 g/mol. The third-order valence-electron chi connectivity index (χ3n) is 7.92. The Morgan fingerprint density at radius 2 is 2.06 bits per heavy atom. The highest BCUT2D eigenvalue weighted by Crippen LogP contribution is 2.47. The Morgan fingerprint density at radius 1 is 1.20 bits per heavy atom. The summed E-state index contributed by atoms with van der Waals surface area (Å²) >= 11 is 0. The van der Waals surface area contributed by atoms with Crippen molar-refractivity contribution in [1.82, 2.24) is 14.9 Å². The molecule has 2 N–H and O–H groups in total. The number of hydrogen-bond donors (Lipinski definition) is 2. The van der Waals surface area contributed by atoms with Crippen molar-refractivity contribution in [3.8, 4) is 11.1 Å². The average Bonchev–Trinajstić information content (AvgIpc) is 3.81. The largest absolute Gasteiger partial charge is 0.396 e. The molecule has 0 unspecified atom stereocenters. The lowest BCUT2D eigenvalue weighted by atomic mass is 9.96. The van der Waals surface area contributed by atoms with E-state index in [1.807, 2.05) is 24.3 Å². The van der Waals surface area contributed by atoms with Gasteiger partial charge in [0.05, 0.1) is 11.4 Å². The maximum atomic E-state index is 12.9. The Labute approximate surface area is 206 Å². The van der Waals surface area contributed by atoms with Gasteiger partial charge < -0.3 is 20.2 Å². The number of fused-ring (bicyclic) bond motifs is 1. The molecule has 3 fully saturated rings. The molecular weight excluding hydrogens is 438 g/mol. The summed E-state index contributed by atoms with van der Waals surface area (Å²) in [5, 5.41) is 15.1. The molecule has 1 aromatic carbocycles. The van der Waals surface area contributed by atoms with Crippen LogP contribution in [0.2, 0.25) is 0 Å². The van der Waals surface area contributed by atoms with Crippen LogP contribution >= 0.6 is 0 Å². The van der Waals surface area contributed by atoms with Crippen LogP contribution in [0.4, 0.5) is 11.5 Å². The lowest BCUT2D eigenvalue weighted by Gasteiger charge is -2.41. The molecule has 35 heavy (non-hydrogen) atoms. The lowest BCUT2D eigenvalue weighted by Crippen LogP contribution is -2.55. The molecule has 6 rings (SSSR count). The summed E-state index contributed by atoms with van der Waals surface area (Å²) in [6.45, 7) is 4.45. The molecule has 1 saturated heterocycles. The quantitative estimate of drug-likeness (QED) is 0.568. The van der Waals surface area contributed by atoms with E-state index in [9.17, 15) is 9.90 Å². The summed E-state index contributed by atoms with van der Waals surface area (Å²) in [5.41, 5.74) is 4.60. The first-order chi connectivity index (χ1) is 17.1. The molecule has 3 heterocycles. The molecule has 1 aliphatic heterocycles. The molecule has 2 aliphatic carbocycles. The number of pyridine rings is 2. The molecule has 0 radical (unpaired) electrons. The van der Waals surface area contributed by atoms with Crippen molar-refractivity contribution >= 4 is 28.2 Å². The molecule has 7 heteroatoms. The number of aliphatic hydroxyl groups excluding tert-OH is 1. The minimum Gasteiger partial charge on any atom is -0.396 e. The normalized spacial score (nSPS) is 24.0. The van der Waals surface area contributed by atoms with Crippen LogP contribution in [0.5, 0.6) is 0 Å². The number of hydrogen-bond acceptors (Lipinski definition) is 6. The fraction of sp³-hybridized carbons (Fsp3) is 0.464.